The van der Waals surface area contributed by atoms with E-state index in [1.165, 1.54) is 24.3 Å². The van der Waals surface area contributed by atoms with Crippen LogP contribution in [-0.4, -0.2) is 20.9 Å². The number of benzene rings is 3. The monoisotopic (exact) mass is 449 g/mol. The summed E-state index contributed by atoms with van der Waals surface area (Å²) in [6.07, 6.45) is 1.58. The number of hydrogen-bond donors (Lipinski definition) is 1. The van der Waals surface area contributed by atoms with Gasteiger partial charge in [-0.2, -0.15) is 10.4 Å². The average Bonchev–Trinajstić information content (AvgIpc) is 3.07. The Bertz CT molecular complexity index is 1400. The lowest BCUT2D eigenvalue weighted by Gasteiger charge is -2.05. The summed E-state index contributed by atoms with van der Waals surface area (Å²) in [5.74, 6) is -2.44. The number of halogens is 3. The lowest BCUT2D eigenvalue weighted by molar-refractivity contribution is 0.0697. The van der Waals surface area contributed by atoms with Crippen LogP contribution in [0.3, 0.4) is 0 Å². The summed E-state index contributed by atoms with van der Waals surface area (Å²) < 4.78 is 28.8. The first kappa shape index (κ1) is 21.2. The number of carbonyl (C=O) groups is 1. The predicted molar refractivity (Wildman–Crippen MR) is 117 cm³/mol. The molecule has 0 bridgehead atoms. The average molecular weight is 450 g/mol. The second-order valence-electron chi connectivity index (χ2n) is 7.03. The molecule has 1 aromatic heterocycles. The van der Waals surface area contributed by atoms with Gasteiger partial charge in [-0.25, -0.2) is 13.6 Å². The van der Waals surface area contributed by atoms with E-state index in [1.807, 2.05) is 0 Å². The Morgan fingerprint density at radius 3 is 2.34 bits per heavy atom. The first-order chi connectivity index (χ1) is 15.3. The zero-order chi connectivity index (χ0) is 22.8. The number of fused-ring (bicyclic) bond motifs is 1. The SMILES string of the molecule is N#C/C(=C\c1nn(Cc2cc(F)cc(F)c2)c2cc(Cl)ccc12)c1ccc(C(=O)O)cc1. The van der Waals surface area contributed by atoms with Crippen LogP contribution in [0, 0.1) is 23.0 Å². The minimum atomic E-state index is -1.06. The first-order valence-corrected chi connectivity index (χ1v) is 9.78. The van der Waals surface area contributed by atoms with Crippen molar-refractivity contribution in [2.75, 3.05) is 0 Å². The van der Waals surface area contributed by atoms with Crippen molar-refractivity contribution in [2.24, 2.45) is 0 Å². The molecule has 0 saturated heterocycles. The van der Waals surface area contributed by atoms with E-state index in [4.69, 9.17) is 16.7 Å². The molecule has 4 rings (SSSR count). The van der Waals surface area contributed by atoms with Crippen molar-refractivity contribution in [1.29, 1.82) is 5.26 Å². The van der Waals surface area contributed by atoms with Crippen LogP contribution in [0.4, 0.5) is 8.78 Å². The second-order valence-corrected chi connectivity index (χ2v) is 7.47. The fraction of sp³-hybridized carbons (Fsp3) is 0.0417. The first-order valence-electron chi connectivity index (χ1n) is 9.40. The Labute approximate surface area is 186 Å². The summed E-state index contributed by atoms with van der Waals surface area (Å²) in [5, 5.41) is 24.4. The Morgan fingerprint density at radius 2 is 1.72 bits per heavy atom. The lowest BCUT2D eigenvalue weighted by atomic mass is 10.0. The van der Waals surface area contributed by atoms with E-state index >= 15 is 0 Å². The number of nitriles is 1. The highest BCUT2D eigenvalue weighted by Crippen LogP contribution is 2.27. The van der Waals surface area contributed by atoms with E-state index in [-0.39, 0.29) is 17.7 Å². The maximum Gasteiger partial charge on any atom is 0.335 e. The number of carboxylic acid groups (broad SMARTS) is 1. The van der Waals surface area contributed by atoms with Gasteiger partial charge < -0.3 is 5.11 Å². The third-order valence-corrected chi connectivity index (χ3v) is 5.08. The zero-order valence-corrected chi connectivity index (χ0v) is 17.1. The normalized spacial score (nSPS) is 11.5. The standard InChI is InChI=1S/C24H14ClF2N3O2/c25-18-5-6-21-22(9-17(12-28)15-1-3-16(4-2-15)24(31)32)29-30(23(21)10-18)13-14-7-19(26)11-20(27)8-14/h1-11H,13H2,(H,31,32)/b17-9+. The molecule has 8 heteroatoms. The number of aromatic nitrogens is 2. The number of carboxylic acids is 1. The number of allylic oxidation sites excluding steroid dienone is 1. The van der Waals surface area contributed by atoms with Crippen molar-refractivity contribution >= 4 is 40.1 Å². The predicted octanol–water partition coefficient (Wildman–Crippen LogP) is 5.78. The zero-order valence-electron chi connectivity index (χ0n) is 16.4. The highest BCUT2D eigenvalue weighted by Gasteiger charge is 2.13. The van der Waals surface area contributed by atoms with E-state index in [1.54, 1.807) is 41.1 Å². The van der Waals surface area contributed by atoms with Crippen molar-refractivity contribution in [2.45, 2.75) is 6.54 Å². The molecule has 32 heavy (non-hydrogen) atoms. The van der Waals surface area contributed by atoms with E-state index in [9.17, 15) is 18.8 Å². The summed E-state index contributed by atoms with van der Waals surface area (Å²) in [6.45, 7) is 0.0918. The summed E-state index contributed by atoms with van der Waals surface area (Å²) >= 11 is 6.15. The third kappa shape index (κ3) is 4.36. The molecule has 0 aliphatic rings. The van der Waals surface area contributed by atoms with Crippen LogP contribution >= 0.6 is 11.6 Å². The molecule has 0 amide bonds. The smallest absolute Gasteiger partial charge is 0.335 e. The molecule has 4 aromatic rings. The summed E-state index contributed by atoms with van der Waals surface area (Å²) in [5.41, 5.74) is 2.39. The van der Waals surface area contributed by atoms with Crippen molar-refractivity contribution in [3.05, 3.63) is 99.7 Å². The second kappa shape index (κ2) is 8.61. The third-order valence-electron chi connectivity index (χ3n) is 4.84. The number of nitrogens with zero attached hydrogens (tertiary/aromatic N) is 3. The van der Waals surface area contributed by atoms with Gasteiger partial charge in [-0.1, -0.05) is 23.7 Å². The molecule has 158 valence electrons. The van der Waals surface area contributed by atoms with Gasteiger partial charge in [0.25, 0.3) is 0 Å². The highest BCUT2D eigenvalue weighted by molar-refractivity contribution is 6.31. The van der Waals surface area contributed by atoms with Gasteiger partial charge in [0.1, 0.15) is 11.6 Å². The number of hydrogen-bond acceptors (Lipinski definition) is 3. The largest absolute Gasteiger partial charge is 0.478 e. The number of rotatable bonds is 5. The maximum absolute atomic E-state index is 13.6. The Kier molecular flexibility index (Phi) is 5.71. The van der Waals surface area contributed by atoms with E-state index < -0.39 is 17.6 Å². The molecule has 0 unspecified atom stereocenters. The van der Waals surface area contributed by atoms with Crippen LogP contribution in [0.2, 0.25) is 5.02 Å². The van der Waals surface area contributed by atoms with E-state index in [0.29, 0.717) is 32.7 Å². The van der Waals surface area contributed by atoms with Gasteiger partial charge in [-0.3, -0.25) is 4.68 Å². The van der Waals surface area contributed by atoms with Gasteiger partial charge in [0, 0.05) is 16.5 Å². The van der Waals surface area contributed by atoms with Crippen LogP contribution in [-0.2, 0) is 6.54 Å². The van der Waals surface area contributed by atoms with Crippen LogP contribution in [0.5, 0.6) is 0 Å². The van der Waals surface area contributed by atoms with Crippen molar-refractivity contribution in [1.82, 2.24) is 9.78 Å². The fourth-order valence-electron chi connectivity index (χ4n) is 3.38. The molecular formula is C24H14ClF2N3O2. The van der Waals surface area contributed by atoms with Crippen molar-refractivity contribution in [3.63, 3.8) is 0 Å². The maximum atomic E-state index is 13.6. The summed E-state index contributed by atoms with van der Waals surface area (Å²) in [4.78, 5) is 11.1. The quantitative estimate of drug-likeness (QED) is 0.392. The Morgan fingerprint density at radius 1 is 1.06 bits per heavy atom. The van der Waals surface area contributed by atoms with Crippen molar-refractivity contribution in [3.8, 4) is 6.07 Å². The summed E-state index contributed by atoms with van der Waals surface area (Å²) in [6, 6.07) is 16.4. The Balaban J connectivity index is 1.80. The van der Waals surface area contributed by atoms with Crippen LogP contribution in [0.15, 0.2) is 60.7 Å². The molecule has 0 aliphatic heterocycles. The lowest BCUT2D eigenvalue weighted by Crippen LogP contribution is -2.03. The van der Waals surface area contributed by atoms with E-state index in [0.717, 1.165) is 6.07 Å². The highest BCUT2D eigenvalue weighted by atomic mass is 35.5. The van der Waals surface area contributed by atoms with Gasteiger partial charge in [-0.05, 0) is 59.7 Å². The Hall–Kier alpha value is -4.02. The van der Waals surface area contributed by atoms with Gasteiger partial charge in [0.15, 0.2) is 0 Å². The molecule has 1 heterocycles. The molecule has 0 atom stereocenters. The van der Waals surface area contributed by atoms with Gasteiger partial charge >= 0.3 is 5.97 Å². The minimum Gasteiger partial charge on any atom is -0.478 e. The molecule has 0 saturated carbocycles. The molecule has 0 spiro atoms. The van der Waals surface area contributed by atoms with Crippen LogP contribution in [0.1, 0.15) is 27.2 Å². The van der Waals surface area contributed by atoms with Gasteiger partial charge in [0.05, 0.1) is 35.0 Å². The number of aromatic carboxylic acids is 1. The van der Waals surface area contributed by atoms with Gasteiger partial charge in [-0.15, -0.1) is 0 Å². The molecule has 0 fully saturated rings. The molecule has 0 radical (unpaired) electrons. The van der Waals surface area contributed by atoms with Gasteiger partial charge in [0.2, 0.25) is 0 Å². The molecule has 1 N–H and O–H groups in total. The molecule has 3 aromatic carbocycles. The van der Waals surface area contributed by atoms with E-state index in [2.05, 4.69) is 11.2 Å². The molecular weight excluding hydrogens is 436 g/mol. The topological polar surface area (TPSA) is 78.9 Å². The molecule has 0 aliphatic carbocycles. The molecule has 5 nitrogen and oxygen atoms in total. The van der Waals surface area contributed by atoms with Crippen LogP contribution in [0.25, 0.3) is 22.6 Å². The fourth-order valence-corrected chi connectivity index (χ4v) is 3.55. The van der Waals surface area contributed by atoms with Crippen molar-refractivity contribution < 1.29 is 18.7 Å². The van der Waals surface area contributed by atoms with Crippen LogP contribution < -0.4 is 0 Å². The summed E-state index contributed by atoms with van der Waals surface area (Å²) in [7, 11) is 0. The minimum absolute atomic E-state index is 0.0918.